The van der Waals surface area contributed by atoms with Gasteiger partial charge >= 0.3 is 18.0 Å². The lowest BCUT2D eigenvalue weighted by atomic mass is 9.90. The number of carbonyl (C=O) groups excluding carboxylic acids is 3. The molecule has 7 nitrogen and oxygen atoms in total. The molecule has 1 amide bonds. The topological polar surface area (TPSA) is 82.1 Å². The lowest BCUT2D eigenvalue weighted by Crippen LogP contribution is -2.26. The van der Waals surface area contributed by atoms with Gasteiger partial charge in [0.05, 0.1) is 26.2 Å². The Morgan fingerprint density at radius 2 is 1.62 bits per heavy atom. The molecule has 0 aromatic heterocycles. The van der Waals surface area contributed by atoms with Crippen molar-refractivity contribution < 1.29 is 28.6 Å². The highest BCUT2D eigenvalue weighted by atomic mass is 16.6. The molecule has 1 heterocycles. The van der Waals surface area contributed by atoms with Crippen molar-refractivity contribution in [2.45, 2.75) is 40.0 Å². The molecule has 134 valence electrons. The molecular weight excluding hydrogens is 314 g/mol. The Hall–Kier alpha value is -2.31. The molecule has 0 saturated carbocycles. The van der Waals surface area contributed by atoms with E-state index in [-0.39, 0.29) is 43.9 Å². The van der Waals surface area contributed by atoms with Crippen LogP contribution in [0.15, 0.2) is 24.0 Å². The van der Waals surface area contributed by atoms with Gasteiger partial charge in [-0.25, -0.2) is 4.79 Å². The second-order valence-corrected chi connectivity index (χ2v) is 5.08. The van der Waals surface area contributed by atoms with E-state index in [1.165, 1.54) is 4.90 Å². The van der Waals surface area contributed by atoms with Crippen molar-refractivity contribution in [3.05, 3.63) is 24.0 Å². The summed E-state index contributed by atoms with van der Waals surface area (Å²) < 4.78 is 14.8. The van der Waals surface area contributed by atoms with Gasteiger partial charge in [0.1, 0.15) is 0 Å². The number of ether oxygens (including phenoxy) is 3. The largest absolute Gasteiger partial charge is 0.466 e. The summed E-state index contributed by atoms with van der Waals surface area (Å²) in [5.41, 5.74) is 0.702. The van der Waals surface area contributed by atoms with Gasteiger partial charge in [0.25, 0.3) is 0 Å². The first-order chi connectivity index (χ1) is 11.5. The minimum atomic E-state index is -0.515. The molecule has 0 saturated heterocycles. The van der Waals surface area contributed by atoms with E-state index in [4.69, 9.17) is 14.2 Å². The third-order valence-corrected chi connectivity index (χ3v) is 3.36. The lowest BCUT2D eigenvalue weighted by molar-refractivity contribution is -0.143. The number of hydrogen-bond acceptors (Lipinski definition) is 6. The molecule has 7 heteroatoms. The van der Waals surface area contributed by atoms with Crippen LogP contribution in [0.4, 0.5) is 4.79 Å². The molecule has 1 atom stereocenters. The maximum absolute atomic E-state index is 11.8. The summed E-state index contributed by atoms with van der Waals surface area (Å²) in [6, 6.07) is 0. The minimum absolute atomic E-state index is 0.0571. The first-order valence-electron chi connectivity index (χ1n) is 8.17. The van der Waals surface area contributed by atoms with Gasteiger partial charge in [-0.2, -0.15) is 0 Å². The predicted octanol–water partition coefficient (Wildman–Crippen LogP) is 2.77. The van der Waals surface area contributed by atoms with E-state index in [9.17, 15) is 14.4 Å². The zero-order valence-corrected chi connectivity index (χ0v) is 14.4. The third kappa shape index (κ3) is 6.44. The number of rotatable bonds is 8. The Morgan fingerprint density at radius 1 is 1.00 bits per heavy atom. The van der Waals surface area contributed by atoms with Crippen molar-refractivity contribution in [1.82, 2.24) is 4.90 Å². The van der Waals surface area contributed by atoms with Crippen LogP contribution in [-0.2, 0) is 23.8 Å². The predicted molar refractivity (Wildman–Crippen MR) is 86.7 cm³/mol. The minimum Gasteiger partial charge on any atom is -0.466 e. The zero-order chi connectivity index (χ0) is 17.9. The molecule has 1 aliphatic rings. The Labute approximate surface area is 142 Å². The monoisotopic (exact) mass is 339 g/mol. The van der Waals surface area contributed by atoms with Crippen molar-refractivity contribution in [1.29, 1.82) is 0 Å². The summed E-state index contributed by atoms with van der Waals surface area (Å²) in [5, 5.41) is 0. The van der Waals surface area contributed by atoms with Crippen molar-refractivity contribution in [2.75, 3.05) is 19.8 Å². The summed E-state index contributed by atoms with van der Waals surface area (Å²) in [5.74, 6) is -0.789. The van der Waals surface area contributed by atoms with E-state index >= 15 is 0 Å². The van der Waals surface area contributed by atoms with E-state index in [2.05, 4.69) is 0 Å². The second kappa shape index (κ2) is 10.5. The molecule has 0 N–H and O–H groups in total. The van der Waals surface area contributed by atoms with Crippen LogP contribution in [0.5, 0.6) is 0 Å². The standard InChI is InChI=1S/C17H25NO6/c1-4-22-15(19)8-7-13-9-10-18(17(21)24-6-3)12-14(13)11-16(20)23-5-2/h9-10,12-13H,4-8,11H2,1-3H3. The maximum Gasteiger partial charge on any atom is 0.417 e. The summed E-state index contributed by atoms with van der Waals surface area (Å²) in [7, 11) is 0. The van der Waals surface area contributed by atoms with Crippen molar-refractivity contribution in [3.8, 4) is 0 Å². The first kappa shape index (κ1) is 19.7. The number of esters is 2. The lowest BCUT2D eigenvalue weighted by Gasteiger charge is -2.25. The number of hydrogen-bond donors (Lipinski definition) is 0. The van der Waals surface area contributed by atoms with Gasteiger partial charge in [-0.1, -0.05) is 6.08 Å². The zero-order valence-electron chi connectivity index (χ0n) is 14.4. The van der Waals surface area contributed by atoms with Gasteiger partial charge in [0.15, 0.2) is 0 Å². The van der Waals surface area contributed by atoms with Crippen LogP contribution in [0.25, 0.3) is 0 Å². The molecule has 0 aromatic rings. The fourth-order valence-electron chi connectivity index (χ4n) is 2.29. The maximum atomic E-state index is 11.8. The van der Waals surface area contributed by atoms with E-state index < -0.39 is 6.09 Å². The second-order valence-electron chi connectivity index (χ2n) is 5.08. The average molecular weight is 339 g/mol. The van der Waals surface area contributed by atoms with Gasteiger partial charge < -0.3 is 14.2 Å². The van der Waals surface area contributed by atoms with Crippen LogP contribution in [0.2, 0.25) is 0 Å². The van der Waals surface area contributed by atoms with Crippen LogP contribution < -0.4 is 0 Å². The fourth-order valence-corrected chi connectivity index (χ4v) is 2.29. The van der Waals surface area contributed by atoms with Crippen molar-refractivity contribution in [2.24, 2.45) is 5.92 Å². The molecule has 24 heavy (non-hydrogen) atoms. The molecule has 0 aromatic carbocycles. The van der Waals surface area contributed by atoms with Crippen molar-refractivity contribution >= 4 is 18.0 Å². The molecule has 0 fully saturated rings. The Kier molecular flexibility index (Phi) is 8.60. The molecule has 1 aliphatic heterocycles. The quantitative estimate of drug-likeness (QED) is 0.499. The third-order valence-electron chi connectivity index (χ3n) is 3.36. The summed E-state index contributed by atoms with van der Waals surface area (Å²) in [4.78, 5) is 36.4. The van der Waals surface area contributed by atoms with Gasteiger partial charge in [-0.3, -0.25) is 14.5 Å². The molecule has 0 bridgehead atoms. The van der Waals surface area contributed by atoms with E-state index in [1.54, 1.807) is 39.2 Å². The summed E-state index contributed by atoms with van der Waals surface area (Å²) >= 11 is 0. The van der Waals surface area contributed by atoms with Gasteiger partial charge in [0.2, 0.25) is 0 Å². The highest BCUT2D eigenvalue weighted by molar-refractivity contribution is 5.75. The number of nitrogens with zero attached hydrogens (tertiary/aromatic N) is 1. The molecule has 1 unspecified atom stereocenters. The van der Waals surface area contributed by atoms with Gasteiger partial charge in [-0.15, -0.1) is 0 Å². The van der Waals surface area contributed by atoms with E-state index in [0.717, 1.165) is 0 Å². The normalized spacial score (nSPS) is 16.4. The molecule has 0 radical (unpaired) electrons. The molecule has 0 spiro atoms. The first-order valence-corrected chi connectivity index (χ1v) is 8.17. The van der Waals surface area contributed by atoms with E-state index in [0.29, 0.717) is 18.6 Å². The SMILES string of the molecule is CCOC(=O)CCC1C=CN(C(=O)OCC)C=C1CC(=O)OCC. The fraction of sp³-hybridized carbons (Fsp3) is 0.588. The Bertz CT molecular complexity index is 511. The molecular formula is C17H25NO6. The van der Waals surface area contributed by atoms with Crippen molar-refractivity contribution in [3.63, 3.8) is 0 Å². The Balaban J connectivity index is 2.79. The van der Waals surface area contributed by atoms with Crippen LogP contribution in [0, 0.1) is 5.92 Å². The smallest absolute Gasteiger partial charge is 0.417 e. The van der Waals surface area contributed by atoms with Crippen LogP contribution >= 0.6 is 0 Å². The van der Waals surface area contributed by atoms with Crippen LogP contribution in [0.1, 0.15) is 40.0 Å². The number of allylic oxidation sites excluding steroid dienone is 1. The highest BCUT2D eigenvalue weighted by Gasteiger charge is 2.23. The highest BCUT2D eigenvalue weighted by Crippen LogP contribution is 2.27. The van der Waals surface area contributed by atoms with E-state index in [1.807, 2.05) is 0 Å². The van der Waals surface area contributed by atoms with Gasteiger partial charge in [0, 0.05) is 24.7 Å². The Morgan fingerprint density at radius 3 is 2.25 bits per heavy atom. The average Bonchev–Trinajstić information content (AvgIpc) is 2.54. The molecule has 1 rings (SSSR count). The van der Waals surface area contributed by atoms with Crippen LogP contribution in [-0.4, -0.2) is 42.8 Å². The number of amides is 1. The number of carbonyl (C=O) groups is 3. The summed E-state index contributed by atoms with van der Waals surface area (Å²) in [6.45, 7) is 6.09. The molecule has 0 aliphatic carbocycles. The van der Waals surface area contributed by atoms with Gasteiger partial charge in [-0.05, 0) is 32.8 Å². The van der Waals surface area contributed by atoms with Crippen LogP contribution in [0.3, 0.4) is 0 Å². The summed E-state index contributed by atoms with van der Waals surface area (Å²) in [6.07, 6.45) is 5.22.